The number of sulfonamides is 1. The molecule has 0 aliphatic rings. The molecule has 0 unspecified atom stereocenters. The van der Waals surface area contributed by atoms with E-state index in [2.05, 4.69) is 5.32 Å². The Morgan fingerprint density at radius 2 is 1.70 bits per heavy atom. The van der Waals surface area contributed by atoms with Gasteiger partial charge in [0.05, 0.1) is 6.61 Å². The summed E-state index contributed by atoms with van der Waals surface area (Å²) in [6, 6.07) is 9.53. The number of rotatable bonds is 8. The van der Waals surface area contributed by atoms with Crippen molar-refractivity contribution < 1.29 is 22.3 Å². The van der Waals surface area contributed by atoms with E-state index in [-0.39, 0.29) is 16.2 Å². The Bertz CT molecular complexity index is 894. The largest absolute Gasteiger partial charge is 0.492 e. The summed E-state index contributed by atoms with van der Waals surface area (Å²) in [4.78, 5) is 12.3. The fourth-order valence-electron chi connectivity index (χ4n) is 2.57. The van der Waals surface area contributed by atoms with Crippen LogP contribution in [0.25, 0.3) is 0 Å². The van der Waals surface area contributed by atoms with Crippen molar-refractivity contribution in [3.8, 4) is 5.75 Å². The summed E-state index contributed by atoms with van der Waals surface area (Å²) < 4.78 is 45.6. The van der Waals surface area contributed by atoms with Gasteiger partial charge in [-0.15, -0.1) is 0 Å². The number of carbonyl (C=O) groups is 1. The van der Waals surface area contributed by atoms with Crippen LogP contribution in [0.15, 0.2) is 47.4 Å². The third-order valence-electron chi connectivity index (χ3n) is 3.93. The molecular formula is C19H23FN2O4S. The third kappa shape index (κ3) is 4.84. The number of halogens is 1. The molecule has 0 fully saturated rings. The summed E-state index contributed by atoms with van der Waals surface area (Å²) in [5.41, 5.74) is 0.567. The minimum Gasteiger partial charge on any atom is -0.492 e. The Kier molecular flexibility index (Phi) is 6.92. The zero-order valence-corrected chi connectivity index (χ0v) is 16.3. The number of nitrogens with one attached hydrogen (secondary N) is 1. The van der Waals surface area contributed by atoms with Crippen molar-refractivity contribution in [1.29, 1.82) is 0 Å². The third-order valence-corrected chi connectivity index (χ3v) is 6.00. The predicted molar refractivity (Wildman–Crippen MR) is 102 cm³/mol. The topological polar surface area (TPSA) is 75.7 Å². The van der Waals surface area contributed by atoms with Crippen molar-refractivity contribution in [1.82, 2.24) is 4.31 Å². The second kappa shape index (κ2) is 8.96. The molecule has 0 aliphatic heterocycles. The van der Waals surface area contributed by atoms with Gasteiger partial charge in [-0.2, -0.15) is 4.31 Å². The normalized spacial score (nSPS) is 11.4. The molecule has 0 aliphatic carbocycles. The summed E-state index contributed by atoms with van der Waals surface area (Å²) in [5.74, 6) is -0.685. The molecule has 0 aromatic heterocycles. The van der Waals surface area contributed by atoms with E-state index in [4.69, 9.17) is 4.74 Å². The second-order valence-corrected chi connectivity index (χ2v) is 7.55. The zero-order valence-electron chi connectivity index (χ0n) is 15.5. The number of hydrogen-bond acceptors (Lipinski definition) is 4. The van der Waals surface area contributed by atoms with E-state index in [1.165, 1.54) is 40.7 Å². The number of benzene rings is 2. The number of hydrogen-bond donors (Lipinski definition) is 1. The first-order chi connectivity index (χ1) is 12.8. The molecule has 2 aromatic rings. The maximum atomic E-state index is 13.0. The number of carbonyl (C=O) groups excluding carboxylic acids is 1. The van der Waals surface area contributed by atoms with Gasteiger partial charge in [0.15, 0.2) is 0 Å². The van der Waals surface area contributed by atoms with E-state index in [1.54, 1.807) is 26.8 Å². The highest BCUT2D eigenvalue weighted by atomic mass is 32.2. The van der Waals surface area contributed by atoms with E-state index in [9.17, 15) is 17.6 Å². The minimum atomic E-state index is -3.78. The highest BCUT2D eigenvalue weighted by molar-refractivity contribution is 7.89. The lowest BCUT2D eigenvalue weighted by molar-refractivity contribution is 0.102. The number of nitrogens with zero attached hydrogens (tertiary/aromatic N) is 1. The lowest BCUT2D eigenvalue weighted by Gasteiger charge is -2.21. The number of amides is 1. The van der Waals surface area contributed by atoms with Crippen LogP contribution in [0.5, 0.6) is 5.75 Å². The van der Waals surface area contributed by atoms with Crippen LogP contribution in [0.1, 0.15) is 31.1 Å². The zero-order chi connectivity index (χ0) is 20.0. The fraction of sp³-hybridized carbons (Fsp3) is 0.316. The molecular weight excluding hydrogens is 371 g/mol. The molecule has 0 heterocycles. The molecule has 0 atom stereocenters. The predicted octanol–water partition coefficient (Wildman–Crippen LogP) is 3.51. The summed E-state index contributed by atoms with van der Waals surface area (Å²) in [6.45, 7) is 6.20. The number of anilines is 1. The first-order valence-electron chi connectivity index (χ1n) is 8.67. The molecule has 1 N–H and O–H groups in total. The van der Waals surface area contributed by atoms with Gasteiger partial charge < -0.3 is 10.1 Å². The summed E-state index contributed by atoms with van der Waals surface area (Å²) in [5, 5.41) is 2.63. The quantitative estimate of drug-likeness (QED) is 0.743. The van der Waals surface area contributed by atoms with Crippen LogP contribution in [0.2, 0.25) is 0 Å². The lowest BCUT2D eigenvalue weighted by Crippen LogP contribution is -2.31. The molecule has 2 rings (SSSR count). The summed E-state index contributed by atoms with van der Waals surface area (Å²) >= 11 is 0. The van der Waals surface area contributed by atoms with Gasteiger partial charge in [-0.3, -0.25) is 4.79 Å². The second-order valence-electron chi connectivity index (χ2n) is 5.64. The molecule has 0 saturated heterocycles. The van der Waals surface area contributed by atoms with Gasteiger partial charge in [-0.25, -0.2) is 12.8 Å². The van der Waals surface area contributed by atoms with Gasteiger partial charge in [0.25, 0.3) is 5.91 Å². The van der Waals surface area contributed by atoms with Crippen LogP contribution in [0, 0.1) is 5.82 Å². The van der Waals surface area contributed by atoms with Crippen molar-refractivity contribution in [2.75, 3.05) is 25.0 Å². The molecule has 146 valence electrons. The monoisotopic (exact) mass is 394 g/mol. The maximum absolute atomic E-state index is 13.0. The standard InChI is InChI=1S/C19H23FN2O4S/c1-4-22(5-2)27(24,25)18-13-16(11-12-17(18)26-6-3)21-19(23)14-7-9-15(20)10-8-14/h7-13H,4-6H2,1-3H3,(H,21,23). The van der Waals surface area contributed by atoms with Crippen LogP contribution >= 0.6 is 0 Å². The van der Waals surface area contributed by atoms with E-state index in [0.29, 0.717) is 25.4 Å². The highest BCUT2D eigenvalue weighted by Gasteiger charge is 2.26. The van der Waals surface area contributed by atoms with Crippen molar-refractivity contribution in [2.24, 2.45) is 0 Å². The first kappa shape index (κ1) is 20.9. The van der Waals surface area contributed by atoms with Crippen molar-refractivity contribution >= 4 is 21.6 Å². The number of ether oxygens (including phenoxy) is 1. The van der Waals surface area contributed by atoms with E-state index in [1.807, 2.05) is 0 Å². The average Bonchev–Trinajstić information content (AvgIpc) is 2.64. The van der Waals surface area contributed by atoms with Crippen molar-refractivity contribution in [2.45, 2.75) is 25.7 Å². The first-order valence-corrected chi connectivity index (χ1v) is 10.1. The molecule has 6 nitrogen and oxygen atoms in total. The Balaban J connectivity index is 2.39. The maximum Gasteiger partial charge on any atom is 0.255 e. The Labute approximate surface area is 159 Å². The SMILES string of the molecule is CCOc1ccc(NC(=O)c2ccc(F)cc2)cc1S(=O)(=O)N(CC)CC. The fourth-order valence-corrected chi connectivity index (χ4v) is 4.18. The van der Waals surface area contributed by atoms with E-state index >= 15 is 0 Å². The van der Waals surface area contributed by atoms with Gasteiger partial charge in [0.2, 0.25) is 10.0 Å². The van der Waals surface area contributed by atoms with Gasteiger partial charge >= 0.3 is 0 Å². The minimum absolute atomic E-state index is 0.00930. The molecule has 0 spiro atoms. The summed E-state index contributed by atoms with van der Waals surface area (Å²) in [6.07, 6.45) is 0. The Hall–Kier alpha value is -2.45. The Morgan fingerprint density at radius 1 is 1.07 bits per heavy atom. The van der Waals surface area contributed by atoms with Gasteiger partial charge in [-0.05, 0) is 49.4 Å². The average molecular weight is 394 g/mol. The highest BCUT2D eigenvalue weighted by Crippen LogP contribution is 2.30. The van der Waals surface area contributed by atoms with Gasteiger partial charge in [0.1, 0.15) is 16.5 Å². The molecule has 0 radical (unpaired) electrons. The molecule has 1 amide bonds. The van der Waals surface area contributed by atoms with E-state index < -0.39 is 21.7 Å². The molecule has 8 heteroatoms. The van der Waals surface area contributed by atoms with Gasteiger partial charge in [-0.1, -0.05) is 13.8 Å². The smallest absolute Gasteiger partial charge is 0.255 e. The molecule has 0 bridgehead atoms. The molecule has 27 heavy (non-hydrogen) atoms. The summed E-state index contributed by atoms with van der Waals surface area (Å²) in [7, 11) is -3.78. The Morgan fingerprint density at radius 3 is 2.26 bits per heavy atom. The van der Waals surface area contributed by atoms with Gasteiger partial charge in [0, 0.05) is 24.3 Å². The lowest BCUT2D eigenvalue weighted by atomic mass is 10.2. The van der Waals surface area contributed by atoms with Crippen LogP contribution in [0.3, 0.4) is 0 Å². The van der Waals surface area contributed by atoms with Crippen LogP contribution in [-0.2, 0) is 10.0 Å². The molecule has 2 aromatic carbocycles. The van der Waals surface area contributed by atoms with E-state index in [0.717, 1.165) is 0 Å². The van der Waals surface area contributed by atoms with Crippen molar-refractivity contribution in [3.05, 3.63) is 53.8 Å². The molecule has 0 saturated carbocycles. The van der Waals surface area contributed by atoms with Crippen LogP contribution < -0.4 is 10.1 Å². The van der Waals surface area contributed by atoms with Crippen molar-refractivity contribution in [3.63, 3.8) is 0 Å². The van der Waals surface area contributed by atoms with Crippen LogP contribution in [-0.4, -0.2) is 38.3 Å². The van der Waals surface area contributed by atoms with Crippen LogP contribution in [0.4, 0.5) is 10.1 Å².